The van der Waals surface area contributed by atoms with Crippen LogP contribution in [0, 0.1) is 26.1 Å². The lowest BCUT2D eigenvalue weighted by molar-refractivity contribution is -0.123. The summed E-state index contributed by atoms with van der Waals surface area (Å²) in [7, 11) is 0. The van der Waals surface area contributed by atoms with E-state index in [1.165, 1.54) is 12.1 Å². The molecule has 1 amide bonds. The summed E-state index contributed by atoms with van der Waals surface area (Å²) in [5, 5.41) is 11.8. The first-order valence-electron chi connectivity index (χ1n) is 5.67. The molecule has 0 bridgehead atoms. The van der Waals surface area contributed by atoms with Gasteiger partial charge in [0.05, 0.1) is 15.3 Å². The summed E-state index contributed by atoms with van der Waals surface area (Å²) in [6, 6.07) is 6.54. The number of anilines is 1. The minimum atomic E-state index is -1.05. The fourth-order valence-corrected chi connectivity index (χ4v) is 2.12. The van der Waals surface area contributed by atoms with Crippen molar-refractivity contribution in [2.45, 2.75) is 26.7 Å². The zero-order valence-corrected chi connectivity index (χ0v) is 12.4. The Morgan fingerprint density at radius 1 is 1.50 bits per heavy atom. The average Bonchev–Trinajstić information content (AvgIpc) is 2.38. The van der Waals surface area contributed by atoms with Crippen LogP contribution in [0.4, 0.5) is 10.1 Å². The molecule has 0 saturated heterocycles. The van der Waals surface area contributed by atoms with Crippen LogP contribution >= 0.6 is 22.6 Å². The van der Waals surface area contributed by atoms with Gasteiger partial charge in [0.1, 0.15) is 11.2 Å². The first-order chi connectivity index (χ1) is 8.50. The predicted octanol–water partition coefficient (Wildman–Crippen LogP) is 3.70. The number of hydrogen-bond donors (Lipinski definition) is 1. The number of amides is 1. The Bertz CT molecular complexity index is 492. The number of rotatable bonds is 4. The molecule has 18 heavy (non-hydrogen) atoms. The van der Waals surface area contributed by atoms with E-state index in [4.69, 9.17) is 5.26 Å². The SMILES string of the molecule is CCC(C#N)(CC)C(=O)Nc1cccc(F)c1I. The maximum Gasteiger partial charge on any atom is 0.244 e. The molecule has 1 aromatic carbocycles. The second-order valence-electron chi connectivity index (χ2n) is 3.96. The minimum Gasteiger partial charge on any atom is -0.324 e. The van der Waals surface area contributed by atoms with Gasteiger partial charge in [-0.3, -0.25) is 4.79 Å². The maximum absolute atomic E-state index is 13.3. The predicted molar refractivity (Wildman–Crippen MR) is 76.4 cm³/mol. The highest BCUT2D eigenvalue weighted by Crippen LogP contribution is 2.29. The van der Waals surface area contributed by atoms with E-state index in [9.17, 15) is 9.18 Å². The Balaban J connectivity index is 3.01. The molecular formula is C13H14FIN2O. The van der Waals surface area contributed by atoms with Crippen molar-refractivity contribution in [1.29, 1.82) is 5.26 Å². The number of hydrogen-bond acceptors (Lipinski definition) is 2. The third-order valence-electron chi connectivity index (χ3n) is 3.06. The Kier molecular flexibility index (Phi) is 5.08. The number of carbonyl (C=O) groups is 1. The van der Waals surface area contributed by atoms with E-state index in [0.29, 0.717) is 22.1 Å². The standard InChI is InChI=1S/C13H14FIN2O/c1-3-13(4-2,8-16)12(18)17-10-7-5-6-9(14)11(10)15/h5-7H,3-4H2,1-2H3,(H,17,18). The van der Waals surface area contributed by atoms with Crippen molar-refractivity contribution in [3.8, 4) is 6.07 Å². The lowest BCUT2D eigenvalue weighted by Gasteiger charge is -2.22. The topological polar surface area (TPSA) is 52.9 Å². The van der Waals surface area contributed by atoms with Crippen molar-refractivity contribution in [1.82, 2.24) is 0 Å². The molecule has 0 atom stereocenters. The second kappa shape index (κ2) is 6.14. The van der Waals surface area contributed by atoms with Crippen LogP contribution in [-0.2, 0) is 4.79 Å². The van der Waals surface area contributed by atoms with Crippen molar-refractivity contribution >= 4 is 34.2 Å². The number of nitrogens with one attached hydrogen (secondary N) is 1. The van der Waals surface area contributed by atoms with Crippen LogP contribution in [0.25, 0.3) is 0 Å². The van der Waals surface area contributed by atoms with E-state index in [-0.39, 0.29) is 11.7 Å². The second-order valence-corrected chi connectivity index (χ2v) is 5.04. The van der Waals surface area contributed by atoms with Gasteiger partial charge < -0.3 is 5.32 Å². The molecule has 1 N–H and O–H groups in total. The highest BCUT2D eigenvalue weighted by Gasteiger charge is 2.35. The molecule has 1 aromatic rings. The van der Waals surface area contributed by atoms with Gasteiger partial charge in [0.15, 0.2) is 0 Å². The molecule has 0 aliphatic heterocycles. The summed E-state index contributed by atoms with van der Waals surface area (Å²) in [6.45, 7) is 3.59. The van der Waals surface area contributed by atoms with Gasteiger partial charge in [0, 0.05) is 0 Å². The molecule has 0 saturated carbocycles. The van der Waals surface area contributed by atoms with Crippen LogP contribution in [0.15, 0.2) is 18.2 Å². The summed E-state index contributed by atoms with van der Waals surface area (Å²) in [6.07, 6.45) is 0.857. The highest BCUT2D eigenvalue weighted by atomic mass is 127. The molecule has 0 aliphatic carbocycles. The van der Waals surface area contributed by atoms with Gasteiger partial charge in [0.25, 0.3) is 0 Å². The molecule has 3 nitrogen and oxygen atoms in total. The van der Waals surface area contributed by atoms with E-state index in [1.807, 2.05) is 22.6 Å². The van der Waals surface area contributed by atoms with Gasteiger partial charge in [-0.25, -0.2) is 4.39 Å². The molecule has 0 spiro atoms. The third-order valence-corrected chi connectivity index (χ3v) is 4.15. The molecule has 0 radical (unpaired) electrons. The fourth-order valence-electron chi connectivity index (χ4n) is 1.62. The summed E-state index contributed by atoms with van der Waals surface area (Å²) in [5.74, 6) is -0.762. The summed E-state index contributed by atoms with van der Waals surface area (Å²) in [5.41, 5.74) is -0.641. The smallest absolute Gasteiger partial charge is 0.244 e. The zero-order valence-electron chi connectivity index (χ0n) is 10.3. The monoisotopic (exact) mass is 360 g/mol. The number of benzene rings is 1. The summed E-state index contributed by atoms with van der Waals surface area (Å²) < 4.78 is 13.7. The largest absolute Gasteiger partial charge is 0.324 e. The van der Waals surface area contributed by atoms with E-state index < -0.39 is 5.41 Å². The third kappa shape index (κ3) is 2.80. The quantitative estimate of drug-likeness (QED) is 0.833. The molecule has 0 aliphatic rings. The number of halogens is 2. The molecule has 0 fully saturated rings. The van der Waals surface area contributed by atoms with E-state index >= 15 is 0 Å². The molecule has 5 heteroatoms. The Hall–Kier alpha value is -1.16. The molecular weight excluding hydrogens is 346 g/mol. The Morgan fingerprint density at radius 3 is 2.61 bits per heavy atom. The van der Waals surface area contributed by atoms with Crippen LogP contribution in [0.1, 0.15) is 26.7 Å². The minimum absolute atomic E-state index is 0.350. The van der Waals surface area contributed by atoms with Crippen molar-refractivity contribution in [2.75, 3.05) is 5.32 Å². The van der Waals surface area contributed by atoms with Gasteiger partial charge in [-0.1, -0.05) is 19.9 Å². The van der Waals surface area contributed by atoms with Crippen molar-refractivity contribution in [3.63, 3.8) is 0 Å². The van der Waals surface area contributed by atoms with E-state index in [1.54, 1.807) is 19.9 Å². The van der Waals surface area contributed by atoms with Gasteiger partial charge in [-0.15, -0.1) is 0 Å². The summed E-state index contributed by atoms with van der Waals surface area (Å²) in [4.78, 5) is 12.1. The van der Waals surface area contributed by atoms with Crippen LogP contribution in [0.3, 0.4) is 0 Å². The van der Waals surface area contributed by atoms with Gasteiger partial charge in [0.2, 0.25) is 5.91 Å². The number of nitriles is 1. The fraction of sp³-hybridized carbons (Fsp3) is 0.385. The summed E-state index contributed by atoms with van der Waals surface area (Å²) >= 11 is 1.83. The van der Waals surface area contributed by atoms with Crippen LogP contribution in [0.2, 0.25) is 0 Å². The van der Waals surface area contributed by atoms with Crippen LogP contribution < -0.4 is 5.32 Å². The molecule has 0 heterocycles. The molecule has 96 valence electrons. The Morgan fingerprint density at radius 2 is 2.11 bits per heavy atom. The number of nitrogens with zero attached hydrogens (tertiary/aromatic N) is 1. The van der Waals surface area contributed by atoms with Gasteiger partial charge in [-0.2, -0.15) is 5.26 Å². The lowest BCUT2D eigenvalue weighted by Crippen LogP contribution is -2.34. The highest BCUT2D eigenvalue weighted by molar-refractivity contribution is 14.1. The lowest BCUT2D eigenvalue weighted by atomic mass is 9.83. The normalized spacial score (nSPS) is 10.8. The maximum atomic E-state index is 13.3. The van der Waals surface area contributed by atoms with Crippen molar-refractivity contribution < 1.29 is 9.18 Å². The van der Waals surface area contributed by atoms with Gasteiger partial charge in [-0.05, 0) is 47.6 Å². The van der Waals surface area contributed by atoms with E-state index in [2.05, 4.69) is 11.4 Å². The first kappa shape index (κ1) is 14.9. The molecule has 1 rings (SSSR count). The first-order valence-corrected chi connectivity index (χ1v) is 6.75. The van der Waals surface area contributed by atoms with Crippen molar-refractivity contribution in [2.24, 2.45) is 5.41 Å². The van der Waals surface area contributed by atoms with Crippen LogP contribution in [-0.4, -0.2) is 5.91 Å². The molecule has 0 aromatic heterocycles. The van der Waals surface area contributed by atoms with E-state index in [0.717, 1.165) is 0 Å². The van der Waals surface area contributed by atoms with Crippen LogP contribution in [0.5, 0.6) is 0 Å². The van der Waals surface area contributed by atoms with Crippen molar-refractivity contribution in [3.05, 3.63) is 27.6 Å². The van der Waals surface area contributed by atoms with Gasteiger partial charge >= 0.3 is 0 Å². The Labute approximate surface area is 120 Å². The zero-order chi connectivity index (χ0) is 13.8. The number of carbonyl (C=O) groups excluding carboxylic acids is 1. The average molecular weight is 360 g/mol. The molecule has 0 unspecified atom stereocenters.